The second-order valence-electron chi connectivity index (χ2n) is 6.66. The van der Waals surface area contributed by atoms with Gasteiger partial charge in [0.2, 0.25) is 0 Å². The van der Waals surface area contributed by atoms with Crippen molar-refractivity contribution in [3.63, 3.8) is 0 Å². The molecule has 2 saturated heterocycles. The van der Waals surface area contributed by atoms with Gasteiger partial charge in [0.05, 0.1) is 38.6 Å². The summed E-state index contributed by atoms with van der Waals surface area (Å²) in [6, 6.07) is 0. The number of aliphatic hydroxyl groups is 2. The second kappa shape index (κ2) is 9.74. The lowest BCUT2D eigenvalue weighted by molar-refractivity contribution is -0.0545. The first-order valence-electron chi connectivity index (χ1n) is 8.08. The molecule has 0 radical (unpaired) electrons. The highest BCUT2D eigenvalue weighted by molar-refractivity contribution is 4.87. The molecule has 0 aromatic rings. The summed E-state index contributed by atoms with van der Waals surface area (Å²) in [4.78, 5) is 0. The Morgan fingerprint density at radius 2 is 1.19 bits per heavy atom. The molecule has 2 heterocycles. The van der Waals surface area contributed by atoms with Crippen LogP contribution in [-0.2, 0) is 14.2 Å². The maximum absolute atomic E-state index is 7.62. The number of ether oxygens (including phenoxy) is 3. The molecule has 0 aromatic carbocycles. The van der Waals surface area contributed by atoms with Crippen LogP contribution in [0.25, 0.3) is 0 Å². The lowest BCUT2D eigenvalue weighted by atomic mass is 10.0. The van der Waals surface area contributed by atoms with E-state index in [1.807, 2.05) is 0 Å². The van der Waals surface area contributed by atoms with E-state index >= 15 is 0 Å². The van der Waals surface area contributed by atoms with Crippen molar-refractivity contribution in [2.24, 2.45) is 11.8 Å². The molecule has 2 rings (SSSR count). The maximum atomic E-state index is 7.62. The average molecular weight is 304 g/mol. The SMILES string of the molecule is CC(C)CC(OC(CC(C)C)C1CO1)C1CO1.OCCO. The van der Waals surface area contributed by atoms with Crippen LogP contribution >= 0.6 is 0 Å². The monoisotopic (exact) mass is 304 g/mol. The smallest absolute Gasteiger partial charge is 0.107 e. The largest absolute Gasteiger partial charge is 0.394 e. The zero-order chi connectivity index (χ0) is 15.8. The number of rotatable bonds is 9. The normalized spacial score (nSPS) is 26.3. The molecule has 0 amide bonds. The first-order chi connectivity index (χ1) is 9.97. The molecule has 2 fully saturated rings. The van der Waals surface area contributed by atoms with Crippen LogP contribution in [0.2, 0.25) is 0 Å². The summed E-state index contributed by atoms with van der Waals surface area (Å²) in [7, 11) is 0. The second-order valence-corrected chi connectivity index (χ2v) is 6.66. The van der Waals surface area contributed by atoms with Crippen LogP contribution < -0.4 is 0 Å². The molecular formula is C16H32O5. The molecule has 126 valence electrons. The van der Waals surface area contributed by atoms with Crippen LogP contribution in [0, 0.1) is 11.8 Å². The Labute approximate surface area is 128 Å². The van der Waals surface area contributed by atoms with Gasteiger partial charge in [-0.1, -0.05) is 27.7 Å². The van der Waals surface area contributed by atoms with Crippen molar-refractivity contribution in [1.82, 2.24) is 0 Å². The van der Waals surface area contributed by atoms with Crippen LogP contribution in [0.3, 0.4) is 0 Å². The fourth-order valence-electron chi connectivity index (χ4n) is 2.28. The number of epoxide rings is 2. The first kappa shape index (κ1) is 18.8. The minimum absolute atomic E-state index is 0.125. The molecule has 0 spiro atoms. The Kier molecular flexibility index (Phi) is 8.74. The molecule has 5 nitrogen and oxygen atoms in total. The fourth-order valence-corrected chi connectivity index (χ4v) is 2.28. The van der Waals surface area contributed by atoms with Crippen LogP contribution in [0.4, 0.5) is 0 Å². The predicted octanol–water partition coefficient (Wildman–Crippen LogP) is 1.60. The van der Waals surface area contributed by atoms with Gasteiger partial charge in [-0.05, 0) is 24.7 Å². The zero-order valence-corrected chi connectivity index (χ0v) is 13.8. The van der Waals surface area contributed by atoms with Gasteiger partial charge >= 0.3 is 0 Å². The first-order valence-corrected chi connectivity index (χ1v) is 8.08. The highest BCUT2D eigenvalue weighted by atomic mass is 16.6. The molecule has 21 heavy (non-hydrogen) atoms. The highest BCUT2D eigenvalue weighted by Crippen LogP contribution is 2.30. The van der Waals surface area contributed by atoms with Crippen molar-refractivity contribution < 1.29 is 24.4 Å². The van der Waals surface area contributed by atoms with Crippen LogP contribution in [0.1, 0.15) is 40.5 Å². The number of hydrogen-bond donors (Lipinski definition) is 2. The van der Waals surface area contributed by atoms with Crippen molar-refractivity contribution >= 4 is 0 Å². The van der Waals surface area contributed by atoms with E-state index in [4.69, 9.17) is 24.4 Å². The third kappa shape index (κ3) is 8.73. The van der Waals surface area contributed by atoms with E-state index in [0.29, 0.717) is 24.0 Å². The quantitative estimate of drug-likeness (QED) is 0.633. The van der Waals surface area contributed by atoms with Gasteiger partial charge < -0.3 is 24.4 Å². The summed E-state index contributed by atoms with van der Waals surface area (Å²) in [5.41, 5.74) is 0. The molecule has 4 atom stereocenters. The Morgan fingerprint density at radius 1 is 0.857 bits per heavy atom. The van der Waals surface area contributed by atoms with Gasteiger partial charge in [-0.2, -0.15) is 0 Å². The van der Waals surface area contributed by atoms with E-state index in [9.17, 15) is 0 Å². The third-order valence-electron chi connectivity index (χ3n) is 3.40. The zero-order valence-electron chi connectivity index (χ0n) is 13.8. The topological polar surface area (TPSA) is 74.8 Å². The molecule has 0 aliphatic carbocycles. The molecule has 0 bridgehead atoms. The molecule has 2 aliphatic heterocycles. The van der Waals surface area contributed by atoms with Crippen LogP contribution in [-0.4, -0.2) is 61.1 Å². The molecular weight excluding hydrogens is 272 g/mol. The van der Waals surface area contributed by atoms with E-state index < -0.39 is 0 Å². The van der Waals surface area contributed by atoms with Gasteiger partial charge in [-0.25, -0.2) is 0 Å². The van der Waals surface area contributed by atoms with Gasteiger partial charge in [0.1, 0.15) is 12.2 Å². The van der Waals surface area contributed by atoms with Gasteiger partial charge in [0.25, 0.3) is 0 Å². The Hall–Kier alpha value is -0.200. The summed E-state index contributed by atoms with van der Waals surface area (Å²) in [5.74, 6) is 1.31. The standard InChI is InChI=1S/C14H26O3.C2H6O2/c1-9(2)5-11(13-7-15-13)17-12(6-10(3)4)14-8-16-14;3-1-2-4/h9-14H,5-8H2,1-4H3;3-4H,1-2H2. The lowest BCUT2D eigenvalue weighted by Crippen LogP contribution is -2.32. The summed E-state index contributed by atoms with van der Waals surface area (Å²) >= 11 is 0. The summed E-state index contributed by atoms with van der Waals surface area (Å²) in [5, 5.41) is 15.2. The molecule has 0 saturated carbocycles. The van der Waals surface area contributed by atoms with Gasteiger partial charge in [-0.3, -0.25) is 0 Å². The Morgan fingerprint density at radius 3 is 1.38 bits per heavy atom. The van der Waals surface area contributed by atoms with Gasteiger partial charge in [0.15, 0.2) is 0 Å². The van der Waals surface area contributed by atoms with E-state index in [-0.39, 0.29) is 25.4 Å². The van der Waals surface area contributed by atoms with Crippen molar-refractivity contribution in [2.45, 2.75) is 65.0 Å². The Balaban J connectivity index is 0.000000491. The van der Waals surface area contributed by atoms with Crippen LogP contribution in [0.15, 0.2) is 0 Å². The minimum Gasteiger partial charge on any atom is -0.394 e. The number of hydrogen-bond acceptors (Lipinski definition) is 5. The van der Waals surface area contributed by atoms with Gasteiger partial charge in [0, 0.05) is 0 Å². The molecule has 0 aromatic heterocycles. The van der Waals surface area contributed by atoms with E-state index in [2.05, 4.69) is 27.7 Å². The lowest BCUT2D eigenvalue weighted by Gasteiger charge is -2.25. The maximum Gasteiger partial charge on any atom is 0.107 e. The van der Waals surface area contributed by atoms with Crippen molar-refractivity contribution in [3.05, 3.63) is 0 Å². The summed E-state index contributed by atoms with van der Waals surface area (Å²) in [6.07, 6.45) is 3.39. The third-order valence-corrected chi connectivity index (χ3v) is 3.40. The highest BCUT2D eigenvalue weighted by Gasteiger charge is 2.40. The Bertz CT molecular complexity index is 235. The summed E-state index contributed by atoms with van der Waals surface area (Å²) < 4.78 is 17.1. The van der Waals surface area contributed by atoms with Crippen molar-refractivity contribution in [3.8, 4) is 0 Å². The fraction of sp³-hybridized carbons (Fsp3) is 1.00. The van der Waals surface area contributed by atoms with Crippen molar-refractivity contribution in [2.75, 3.05) is 26.4 Å². The minimum atomic E-state index is -0.125. The summed E-state index contributed by atoms with van der Waals surface area (Å²) in [6.45, 7) is 10.5. The molecule has 2 aliphatic rings. The average Bonchev–Trinajstić information content (AvgIpc) is 3.29. The van der Waals surface area contributed by atoms with E-state index in [1.165, 1.54) is 0 Å². The molecule has 2 N–H and O–H groups in total. The van der Waals surface area contributed by atoms with E-state index in [1.54, 1.807) is 0 Å². The molecule has 4 unspecified atom stereocenters. The van der Waals surface area contributed by atoms with Gasteiger partial charge in [-0.15, -0.1) is 0 Å². The van der Waals surface area contributed by atoms with Crippen molar-refractivity contribution in [1.29, 1.82) is 0 Å². The van der Waals surface area contributed by atoms with E-state index in [0.717, 1.165) is 26.1 Å². The van der Waals surface area contributed by atoms with Crippen LogP contribution in [0.5, 0.6) is 0 Å². The number of aliphatic hydroxyl groups excluding tert-OH is 2. The molecule has 5 heteroatoms. The predicted molar refractivity (Wildman–Crippen MR) is 81.2 cm³/mol.